The van der Waals surface area contributed by atoms with Crippen molar-refractivity contribution in [2.75, 3.05) is 13.2 Å². The lowest BCUT2D eigenvalue weighted by Gasteiger charge is -2.24. The maximum Gasteiger partial charge on any atom is 0.162 e. The first kappa shape index (κ1) is 15.4. The molecule has 0 atom stereocenters. The van der Waals surface area contributed by atoms with E-state index in [0.29, 0.717) is 11.5 Å². The van der Waals surface area contributed by atoms with Gasteiger partial charge in [0.05, 0.1) is 10.5 Å². The van der Waals surface area contributed by atoms with Gasteiger partial charge < -0.3 is 4.74 Å². The van der Waals surface area contributed by atoms with Crippen molar-refractivity contribution in [3.05, 3.63) is 39.5 Å². The van der Waals surface area contributed by atoms with Crippen LogP contribution in [0.15, 0.2) is 12.1 Å². The second-order valence-corrected chi connectivity index (χ2v) is 6.47. The van der Waals surface area contributed by atoms with E-state index in [0.717, 1.165) is 58.8 Å². The molecular weight excluding hydrogens is 298 g/mol. The number of fused-ring (bicyclic) bond motifs is 1. The molecule has 2 heterocycles. The van der Waals surface area contributed by atoms with Gasteiger partial charge in [-0.25, -0.2) is 0 Å². The number of Topliss-reactive ketones (excluding diaryl/α,β-unsaturated/α-hetero) is 1. The van der Waals surface area contributed by atoms with Crippen LogP contribution in [0.3, 0.4) is 0 Å². The number of hydrogen-bond acceptors (Lipinski definition) is 3. The first-order valence-corrected chi connectivity index (χ1v) is 8.06. The molecule has 1 fully saturated rings. The highest BCUT2D eigenvalue weighted by molar-refractivity contribution is 6.36. The molecule has 0 radical (unpaired) electrons. The number of benzene rings is 1. The first-order valence-electron chi connectivity index (χ1n) is 7.68. The average Bonchev–Trinajstić information content (AvgIpc) is 2.51. The minimum absolute atomic E-state index is 0.0269. The summed E-state index contributed by atoms with van der Waals surface area (Å²) >= 11 is 6.62. The van der Waals surface area contributed by atoms with Gasteiger partial charge in [-0.2, -0.15) is 0 Å². The van der Waals surface area contributed by atoms with Crippen molar-refractivity contribution in [2.24, 2.45) is 0 Å². The van der Waals surface area contributed by atoms with Gasteiger partial charge in [-0.1, -0.05) is 11.6 Å². The number of aromatic nitrogens is 1. The van der Waals surface area contributed by atoms with Crippen molar-refractivity contribution < 1.29 is 9.53 Å². The third-order valence-corrected chi connectivity index (χ3v) is 4.91. The number of nitrogens with zero attached hydrogens (tertiary/aromatic N) is 1. The van der Waals surface area contributed by atoms with E-state index in [-0.39, 0.29) is 5.78 Å². The maximum absolute atomic E-state index is 12.0. The topological polar surface area (TPSA) is 39.2 Å². The maximum atomic E-state index is 12.0. The van der Waals surface area contributed by atoms with E-state index >= 15 is 0 Å². The standard InChI is InChI=1S/C18H20ClNO2/c1-10-8-14(12(3)21)18-15(9-10)16(19)11(2)17(20-18)13-4-6-22-7-5-13/h8-9,13H,4-7H2,1-3H3. The van der Waals surface area contributed by atoms with Crippen LogP contribution in [0.2, 0.25) is 5.02 Å². The Morgan fingerprint density at radius 2 is 1.95 bits per heavy atom. The highest BCUT2D eigenvalue weighted by atomic mass is 35.5. The summed E-state index contributed by atoms with van der Waals surface area (Å²) in [5, 5.41) is 1.60. The lowest BCUT2D eigenvalue weighted by molar-refractivity contribution is 0.0844. The largest absolute Gasteiger partial charge is 0.381 e. The van der Waals surface area contributed by atoms with E-state index in [1.54, 1.807) is 6.92 Å². The number of carbonyl (C=O) groups excluding carboxylic acids is 1. The van der Waals surface area contributed by atoms with Crippen LogP contribution in [0.4, 0.5) is 0 Å². The molecule has 0 aliphatic carbocycles. The van der Waals surface area contributed by atoms with E-state index in [9.17, 15) is 4.79 Å². The average molecular weight is 318 g/mol. The second-order valence-electron chi connectivity index (χ2n) is 6.09. The molecule has 0 bridgehead atoms. The van der Waals surface area contributed by atoms with Gasteiger partial charge in [0.2, 0.25) is 0 Å². The Balaban J connectivity index is 2.27. The molecule has 1 aromatic carbocycles. The fraction of sp³-hybridized carbons (Fsp3) is 0.444. The lowest BCUT2D eigenvalue weighted by atomic mass is 9.91. The Kier molecular flexibility index (Phi) is 4.20. The van der Waals surface area contributed by atoms with Crippen LogP contribution in [0, 0.1) is 13.8 Å². The van der Waals surface area contributed by atoms with Crippen LogP contribution in [0.25, 0.3) is 10.9 Å². The number of halogens is 1. The van der Waals surface area contributed by atoms with Crippen LogP contribution in [0.5, 0.6) is 0 Å². The van der Waals surface area contributed by atoms with E-state index in [4.69, 9.17) is 21.3 Å². The molecule has 2 aromatic rings. The third-order valence-electron chi connectivity index (χ3n) is 4.42. The van der Waals surface area contributed by atoms with Crippen LogP contribution in [0.1, 0.15) is 52.9 Å². The molecule has 0 amide bonds. The van der Waals surface area contributed by atoms with Crippen molar-refractivity contribution in [3.8, 4) is 0 Å². The predicted octanol–water partition coefficient (Wildman–Crippen LogP) is 4.60. The van der Waals surface area contributed by atoms with Gasteiger partial charge in [-0.15, -0.1) is 0 Å². The number of carbonyl (C=O) groups is 1. The Hall–Kier alpha value is -1.45. The van der Waals surface area contributed by atoms with Crippen LogP contribution in [-0.4, -0.2) is 24.0 Å². The lowest BCUT2D eigenvalue weighted by Crippen LogP contribution is -2.16. The predicted molar refractivity (Wildman–Crippen MR) is 89.0 cm³/mol. The summed E-state index contributed by atoms with van der Waals surface area (Å²) in [5.41, 5.74) is 4.47. The molecule has 1 aliphatic rings. The second kappa shape index (κ2) is 5.98. The van der Waals surface area contributed by atoms with Crippen molar-refractivity contribution >= 4 is 28.3 Å². The summed E-state index contributed by atoms with van der Waals surface area (Å²) in [6.07, 6.45) is 1.91. The summed E-state index contributed by atoms with van der Waals surface area (Å²) in [5.74, 6) is 0.385. The Morgan fingerprint density at radius 3 is 2.59 bits per heavy atom. The number of rotatable bonds is 2. The Bertz CT molecular complexity index is 749. The monoisotopic (exact) mass is 317 g/mol. The zero-order valence-electron chi connectivity index (χ0n) is 13.2. The highest BCUT2D eigenvalue weighted by Crippen LogP contribution is 2.36. The summed E-state index contributed by atoms with van der Waals surface area (Å²) in [7, 11) is 0. The molecule has 3 rings (SSSR count). The summed E-state index contributed by atoms with van der Waals surface area (Å²) < 4.78 is 5.44. The van der Waals surface area contributed by atoms with Gasteiger partial charge in [0.25, 0.3) is 0 Å². The van der Waals surface area contributed by atoms with Crippen molar-refractivity contribution in [2.45, 2.75) is 39.5 Å². The zero-order valence-corrected chi connectivity index (χ0v) is 14.0. The highest BCUT2D eigenvalue weighted by Gasteiger charge is 2.23. The molecule has 3 nitrogen and oxygen atoms in total. The molecule has 1 aliphatic heterocycles. The molecule has 0 saturated carbocycles. The summed E-state index contributed by atoms with van der Waals surface area (Å²) in [6.45, 7) is 7.10. The van der Waals surface area contributed by atoms with Gasteiger partial charge in [-0.05, 0) is 56.9 Å². The van der Waals surface area contributed by atoms with E-state index in [1.807, 2.05) is 26.0 Å². The number of ether oxygens (including phenoxy) is 1. The smallest absolute Gasteiger partial charge is 0.162 e. The molecular formula is C18H20ClNO2. The summed E-state index contributed by atoms with van der Waals surface area (Å²) in [4.78, 5) is 16.9. The normalized spacial score (nSPS) is 16.2. The number of aryl methyl sites for hydroxylation is 1. The SMILES string of the molecule is CC(=O)c1cc(C)cc2c(Cl)c(C)c(C3CCOCC3)nc12. The third kappa shape index (κ3) is 2.64. The van der Waals surface area contributed by atoms with Crippen LogP contribution in [-0.2, 0) is 4.74 Å². The van der Waals surface area contributed by atoms with Crippen LogP contribution < -0.4 is 0 Å². The van der Waals surface area contributed by atoms with Crippen molar-refractivity contribution in [1.82, 2.24) is 4.98 Å². The van der Waals surface area contributed by atoms with E-state index in [2.05, 4.69) is 0 Å². The molecule has 22 heavy (non-hydrogen) atoms. The Morgan fingerprint density at radius 1 is 1.27 bits per heavy atom. The Labute approximate surface area is 135 Å². The summed E-state index contributed by atoms with van der Waals surface area (Å²) in [6, 6.07) is 3.91. The van der Waals surface area contributed by atoms with Crippen molar-refractivity contribution in [3.63, 3.8) is 0 Å². The fourth-order valence-electron chi connectivity index (χ4n) is 3.22. The van der Waals surface area contributed by atoms with Crippen molar-refractivity contribution in [1.29, 1.82) is 0 Å². The molecule has 0 N–H and O–H groups in total. The molecule has 0 unspecified atom stereocenters. The molecule has 116 valence electrons. The van der Waals surface area contributed by atoms with Gasteiger partial charge in [0.15, 0.2) is 5.78 Å². The van der Waals surface area contributed by atoms with Gasteiger partial charge in [0, 0.05) is 35.8 Å². The quantitative estimate of drug-likeness (QED) is 0.760. The molecule has 1 aromatic heterocycles. The fourth-order valence-corrected chi connectivity index (χ4v) is 3.46. The minimum Gasteiger partial charge on any atom is -0.381 e. The number of pyridine rings is 1. The van der Waals surface area contributed by atoms with Gasteiger partial charge in [-0.3, -0.25) is 9.78 Å². The molecule has 4 heteroatoms. The molecule has 1 saturated heterocycles. The van der Waals surface area contributed by atoms with E-state index < -0.39 is 0 Å². The first-order chi connectivity index (χ1) is 10.5. The van der Waals surface area contributed by atoms with E-state index in [1.165, 1.54) is 0 Å². The van der Waals surface area contributed by atoms with Gasteiger partial charge >= 0.3 is 0 Å². The van der Waals surface area contributed by atoms with Crippen LogP contribution >= 0.6 is 11.6 Å². The molecule has 0 spiro atoms. The number of ketones is 1. The minimum atomic E-state index is 0.0269. The number of hydrogen-bond donors (Lipinski definition) is 0. The zero-order chi connectivity index (χ0) is 15.9. The van der Waals surface area contributed by atoms with Gasteiger partial charge in [0.1, 0.15) is 0 Å².